The summed E-state index contributed by atoms with van der Waals surface area (Å²) in [7, 11) is 0. The number of benzene rings is 1. The van der Waals surface area contributed by atoms with Crippen molar-refractivity contribution in [3.63, 3.8) is 0 Å². The molecule has 1 heterocycles. The van der Waals surface area contributed by atoms with Gasteiger partial charge in [-0.3, -0.25) is 4.90 Å². The molecular formula is C16H20N2O2. The molecular weight excluding hydrogens is 252 g/mol. The molecule has 1 aromatic carbocycles. The van der Waals surface area contributed by atoms with Gasteiger partial charge in [0.25, 0.3) is 0 Å². The van der Waals surface area contributed by atoms with Crippen LogP contribution in [0.1, 0.15) is 41.8 Å². The van der Waals surface area contributed by atoms with E-state index < -0.39 is 5.97 Å². The van der Waals surface area contributed by atoms with Gasteiger partial charge in [-0.1, -0.05) is 12.1 Å². The SMILES string of the molecule is CC(C)(C#N)CCN1CCc2c(cccc2C(=O)O)C1. The van der Waals surface area contributed by atoms with E-state index in [-0.39, 0.29) is 5.41 Å². The molecule has 0 fully saturated rings. The molecule has 1 aromatic rings. The maximum atomic E-state index is 11.2. The quantitative estimate of drug-likeness (QED) is 0.915. The summed E-state index contributed by atoms with van der Waals surface area (Å²) in [6.07, 6.45) is 1.60. The fraction of sp³-hybridized carbons (Fsp3) is 0.500. The number of nitriles is 1. The number of aromatic carboxylic acids is 1. The average Bonchev–Trinajstić information content (AvgIpc) is 2.44. The minimum Gasteiger partial charge on any atom is -0.478 e. The summed E-state index contributed by atoms with van der Waals surface area (Å²) in [5, 5.41) is 18.2. The van der Waals surface area contributed by atoms with Gasteiger partial charge in [-0.2, -0.15) is 5.26 Å². The van der Waals surface area contributed by atoms with Crippen LogP contribution in [0.2, 0.25) is 0 Å². The third kappa shape index (κ3) is 3.17. The lowest BCUT2D eigenvalue weighted by Gasteiger charge is -2.31. The third-order valence-electron chi connectivity index (χ3n) is 3.93. The van der Waals surface area contributed by atoms with Gasteiger partial charge in [-0.25, -0.2) is 4.79 Å². The summed E-state index contributed by atoms with van der Waals surface area (Å²) >= 11 is 0. The van der Waals surface area contributed by atoms with Crippen LogP contribution in [-0.4, -0.2) is 29.1 Å². The molecule has 2 rings (SSSR count). The smallest absolute Gasteiger partial charge is 0.335 e. The van der Waals surface area contributed by atoms with E-state index in [1.165, 1.54) is 0 Å². The lowest BCUT2D eigenvalue weighted by molar-refractivity contribution is 0.0694. The predicted molar refractivity (Wildman–Crippen MR) is 76.4 cm³/mol. The van der Waals surface area contributed by atoms with Crippen molar-refractivity contribution >= 4 is 5.97 Å². The van der Waals surface area contributed by atoms with Crippen LogP contribution in [0.4, 0.5) is 0 Å². The van der Waals surface area contributed by atoms with Crippen LogP contribution in [0, 0.1) is 16.7 Å². The number of nitrogens with zero attached hydrogens (tertiary/aromatic N) is 2. The molecule has 1 N–H and O–H groups in total. The summed E-state index contributed by atoms with van der Waals surface area (Å²) in [5.41, 5.74) is 2.20. The maximum absolute atomic E-state index is 11.2. The molecule has 0 atom stereocenters. The van der Waals surface area contributed by atoms with Crippen molar-refractivity contribution in [2.45, 2.75) is 33.2 Å². The molecule has 0 unspecified atom stereocenters. The number of hydrogen-bond acceptors (Lipinski definition) is 3. The first kappa shape index (κ1) is 14.5. The van der Waals surface area contributed by atoms with E-state index in [1.54, 1.807) is 6.07 Å². The van der Waals surface area contributed by atoms with Gasteiger partial charge in [0, 0.05) is 13.1 Å². The van der Waals surface area contributed by atoms with Crippen molar-refractivity contribution in [1.29, 1.82) is 5.26 Å². The monoisotopic (exact) mass is 272 g/mol. The minimum atomic E-state index is -0.846. The van der Waals surface area contributed by atoms with Gasteiger partial charge in [-0.05, 0) is 50.4 Å². The zero-order chi connectivity index (χ0) is 14.8. The molecule has 0 aliphatic carbocycles. The van der Waals surface area contributed by atoms with E-state index in [4.69, 9.17) is 5.26 Å². The molecule has 0 spiro atoms. The summed E-state index contributed by atoms with van der Waals surface area (Å²) in [5.74, 6) is -0.846. The largest absolute Gasteiger partial charge is 0.478 e. The molecule has 1 aliphatic rings. The molecule has 0 aromatic heterocycles. The summed E-state index contributed by atoms with van der Waals surface area (Å²) < 4.78 is 0. The highest BCUT2D eigenvalue weighted by Gasteiger charge is 2.23. The van der Waals surface area contributed by atoms with Gasteiger partial charge in [0.15, 0.2) is 0 Å². The molecule has 4 nitrogen and oxygen atoms in total. The summed E-state index contributed by atoms with van der Waals surface area (Å²) in [6.45, 7) is 6.41. The number of hydrogen-bond donors (Lipinski definition) is 1. The molecule has 0 bridgehead atoms. The Hall–Kier alpha value is -1.86. The Morgan fingerprint density at radius 1 is 1.50 bits per heavy atom. The van der Waals surface area contributed by atoms with E-state index in [2.05, 4.69) is 11.0 Å². The fourth-order valence-electron chi connectivity index (χ4n) is 2.55. The first-order chi connectivity index (χ1) is 9.43. The van der Waals surface area contributed by atoms with Crippen LogP contribution < -0.4 is 0 Å². The third-order valence-corrected chi connectivity index (χ3v) is 3.93. The first-order valence-electron chi connectivity index (χ1n) is 6.90. The van der Waals surface area contributed by atoms with E-state index >= 15 is 0 Å². The average molecular weight is 272 g/mol. The number of carboxylic acid groups (broad SMARTS) is 1. The molecule has 4 heteroatoms. The van der Waals surface area contributed by atoms with Crippen molar-refractivity contribution in [1.82, 2.24) is 4.90 Å². The molecule has 106 valence electrons. The lowest BCUT2D eigenvalue weighted by Crippen LogP contribution is -2.34. The minimum absolute atomic E-state index is 0.302. The first-order valence-corrected chi connectivity index (χ1v) is 6.90. The van der Waals surface area contributed by atoms with Crippen molar-refractivity contribution in [2.75, 3.05) is 13.1 Å². The zero-order valence-corrected chi connectivity index (χ0v) is 12.0. The van der Waals surface area contributed by atoms with Crippen LogP contribution in [0.15, 0.2) is 18.2 Å². The van der Waals surface area contributed by atoms with Gasteiger partial charge in [0.05, 0.1) is 17.0 Å². The van der Waals surface area contributed by atoms with Gasteiger partial charge in [0.2, 0.25) is 0 Å². The molecule has 0 saturated heterocycles. The lowest BCUT2D eigenvalue weighted by atomic mass is 9.90. The molecule has 0 amide bonds. The molecule has 0 saturated carbocycles. The Morgan fingerprint density at radius 2 is 2.25 bits per heavy atom. The number of carbonyl (C=O) groups is 1. The zero-order valence-electron chi connectivity index (χ0n) is 12.0. The second kappa shape index (κ2) is 5.64. The second-order valence-corrected chi connectivity index (χ2v) is 6.02. The second-order valence-electron chi connectivity index (χ2n) is 6.02. The van der Waals surface area contributed by atoms with E-state index in [0.717, 1.165) is 43.6 Å². The highest BCUT2D eigenvalue weighted by atomic mass is 16.4. The van der Waals surface area contributed by atoms with Crippen LogP contribution in [0.3, 0.4) is 0 Å². The van der Waals surface area contributed by atoms with Crippen molar-refractivity contribution in [2.24, 2.45) is 5.41 Å². The van der Waals surface area contributed by atoms with E-state index in [1.807, 2.05) is 26.0 Å². The Kier molecular flexibility index (Phi) is 4.10. The van der Waals surface area contributed by atoms with Crippen LogP contribution >= 0.6 is 0 Å². The Bertz CT molecular complexity index is 558. The molecule has 0 radical (unpaired) electrons. The van der Waals surface area contributed by atoms with Gasteiger partial charge >= 0.3 is 5.97 Å². The number of carboxylic acids is 1. The molecule has 20 heavy (non-hydrogen) atoms. The van der Waals surface area contributed by atoms with Gasteiger partial charge in [-0.15, -0.1) is 0 Å². The summed E-state index contributed by atoms with van der Waals surface area (Å²) in [6, 6.07) is 7.81. The Balaban J connectivity index is 2.07. The number of fused-ring (bicyclic) bond motifs is 1. The number of rotatable bonds is 4. The fourth-order valence-corrected chi connectivity index (χ4v) is 2.55. The summed E-state index contributed by atoms with van der Waals surface area (Å²) in [4.78, 5) is 13.5. The Morgan fingerprint density at radius 3 is 2.90 bits per heavy atom. The highest BCUT2D eigenvalue weighted by molar-refractivity contribution is 5.89. The standard InChI is InChI=1S/C16H20N2O2/c1-16(2,11-17)7-9-18-8-6-13-12(10-18)4-3-5-14(13)15(19)20/h3-5H,6-10H2,1-2H3,(H,19,20). The Labute approximate surface area is 119 Å². The molecule has 1 aliphatic heterocycles. The highest BCUT2D eigenvalue weighted by Crippen LogP contribution is 2.25. The van der Waals surface area contributed by atoms with E-state index in [0.29, 0.717) is 5.56 Å². The topological polar surface area (TPSA) is 64.3 Å². The maximum Gasteiger partial charge on any atom is 0.335 e. The predicted octanol–water partition coefficient (Wildman–Crippen LogP) is 2.68. The van der Waals surface area contributed by atoms with Crippen LogP contribution in [0.5, 0.6) is 0 Å². The van der Waals surface area contributed by atoms with Crippen molar-refractivity contribution in [3.05, 3.63) is 34.9 Å². The van der Waals surface area contributed by atoms with Crippen molar-refractivity contribution < 1.29 is 9.90 Å². The van der Waals surface area contributed by atoms with Gasteiger partial charge < -0.3 is 5.11 Å². The van der Waals surface area contributed by atoms with Crippen molar-refractivity contribution in [3.8, 4) is 6.07 Å². The van der Waals surface area contributed by atoms with Crippen LogP contribution in [-0.2, 0) is 13.0 Å². The van der Waals surface area contributed by atoms with Crippen LogP contribution in [0.25, 0.3) is 0 Å². The van der Waals surface area contributed by atoms with Gasteiger partial charge in [0.1, 0.15) is 0 Å². The van der Waals surface area contributed by atoms with E-state index in [9.17, 15) is 9.90 Å². The normalized spacial score (nSPS) is 15.4.